The standard InChI is InChI=1S/C12H13BrN2O2/c13-10-6-8(15(16)17)2-4-12(10)14-11-3-1-7-5-9(7)11/h2,4,6-7,9,11,14H,1,3,5H2/t7-,9+,11?/m0/s1. The van der Waals surface area contributed by atoms with Gasteiger partial charge in [-0.25, -0.2) is 0 Å². The monoisotopic (exact) mass is 296 g/mol. The van der Waals surface area contributed by atoms with E-state index in [1.807, 2.05) is 0 Å². The van der Waals surface area contributed by atoms with Crippen molar-refractivity contribution < 1.29 is 4.92 Å². The molecule has 0 radical (unpaired) electrons. The maximum absolute atomic E-state index is 10.6. The molecule has 1 aromatic carbocycles. The number of nitrogens with one attached hydrogen (secondary N) is 1. The van der Waals surface area contributed by atoms with E-state index in [0.29, 0.717) is 6.04 Å². The second-order valence-electron chi connectivity index (χ2n) is 4.91. The molecule has 1 unspecified atom stereocenters. The van der Waals surface area contributed by atoms with Crippen molar-refractivity contribution in [2.45, 2.75) is 25.3 Å². The highest BCUT2D eigenvalue weighted by Gasteiger charge is 2.47. The van der Waals surface area contributed by atoms with E-state index in [1.165, 1.54) is 19.3 Å². The smallest absolute Gasteiger partial charge is 0.270 e. The van der Waals surface area contributed by atoms with Gasteiger partial charge in [0.05, 0.1) is 4.92 Å². The van der Waals surface area contributed by atoms with Gasteiger partial charge in [-0.1, -0.05) is 0 Å². The molecule has 5 heteroatoms. The molecule has 2 aliphatic rings. The van der Waals surface area contributed by atoms with E-state index < -0.39 is 0 Å². The molecule has 0 amide bonds. The van der Waals surface area contributed by atoms with Gasteiger partial charge in [0.1, 0.15) is 0 Å². The SMILES string of the molecule is O=[N+]([O-])c1ccc(NC2CC[C@H]3C[C@@H]23)c(Br)c1. The predicted molar refractivity (Wildman–Crippen MR) is 69.0 cm³/mol. The first-order chi connectivity index (χ1) is 8.15. The number of halogens is 1. The van der Waals surface area contributed by atoms with Crippen LogP contribution in [0.25, 0.3) is 0 Å². The minimum Gasteiger partial charge on any atom is -0.381 e. The molecule has 2 saturated carbocycles. The van der Waals surface area contributed by atoms with Crippen LogP contribution < -0.4 is 5.32 Å². The number of hydrogen-bond donors (Lipinski definition) is 1. The molecule has 2 aliphatic carbocycles. The van der Waals surface area contributed by atoms with E-state index in [9.17, 15) is 10.1 Å². The zero-order valence-electron chi connectivity index (χ0n) is 9.23. The fourth-order valence-electron chi connectivity index (χ4n) is 2.82. The molecule has 0 aromatic heterocycles. The molecule has 0 heterocycles. The molecule has 4 nitrogen and oxygen atoms in total. The largest absolute Gasteiger partial charge is 0.381 e. The third-order valence-electron chi connectivity index (χ3n) is 3.85. The summed E-state index contributed by atoms with van der Waals surface area (Å²) >= 11 is 3.39. The summed E-state index contributed by atoms with van der Waals surface area (Å²) in [5, 5.41) is 14.1. The number of benzene rings is 1. The summed E-state index contributed by atoms with van der Waals surface area (Å²) in [6.45, 7) is 0. The van der Waals surface area contributed by atoms with Crippen molar-refractivity contribution in [3.63, 3.8) is 0 Å². The van der Waals surface area contributed by atoms with Gasteiger partial charge in [0.25, 0.3) is 5.69 Å². The van der Waals surface area contributed by atoms with Crippen LogP contribution in [-0.4, -0.2) is 11.0 Å². The Kier molecular flexibility index (Phi) is 2.58. The number of fused-ring (bicyclic) bond motifs is 1. The van der Waals surface area contributed by atoms with Gasteiger partial charge < -0.3 is 5.32 Å². The quantitative estimate of drug-likeness (QED) is 0.685. The Hall–Kier alpha value is -1.10. The van der Waals surface area contributed by atoms with Crippen molar-refractivity contribution in [2.24, 2.45) is 11.8 Å². The number of non-ortho nitro benzene ring substituents is 1. The normalized spacial score (nSPS) is 29.8. The number of rotatable bonds is 3. The van der Waals surface area contributed by atoms with Crippen molar-refractivity contribution in [3.8, 4) is 0 Å². The Morgan fingerprint density at radius 1 is 1.41 bits per heavy atom. The van der Waals surface area contributed by atoms with Crippen LogP contribution in [0.4, 0.5) is 11.4 Å². The Labute approximate surface area is 108 Å². The minimum atomic E-state index is -0.374. The van der Waals surface area contributed by atoms with Crippen LogP contribution in [0.3, 0.4) is 0 Å². The Bertz CT molecular complexity index is 478. The van der Waals surface area contributed by atoms with Crippen molar-refractivity contribution in [2.75, 3.05) is 5.32 Å². The Morgan fingerprint density at radius 2 is 2.24 bits per heavy atom. The first kappa shape index (κ1) is 11.0. The van der Waals surface area contributed by atoms with Gasteiger partial charge in [0, 0.05) is 28.3 Å². The van der Waals surface area contributed by atoms with Gasteiger partial charge in [-0.2, -0.15) is 0 Å². The van der Waals surface area contributed by atoms with E-state index in [0.717, 1.165) is 22.0 Å². The van der Waals surface area contributed by atoms with Crippen LogP contribution in [0, 0.1) is 22.0 Å². The second-order valence-corrected chi connectivity index (χ2v) is 5.76. The van der Waals surface area contributed by atoms with Crippen LogP contribution in [0.1, 0.15) is 19.3 Å². The van der Waals surface area contributed by atoms with Gasteiger partial charge in [-0.3, -0.25) is 10.1 Å². The molecule has 0 bridgehead atoms. The molecule has 2 fully saturated rings. The number of nitrogens with zero attached hydrogens (tertiary/aromatic N) is 1. The van der Waals surface area contributed by atoms with E-state index in [-0.39, 0.29) is 10.6 Å². The highest BCUT2D eigenvalue weighted by Crippen LogP contribution is 2.52. The lowest BCUT2D eigenvalue weighted by Crippen LogP contribution is -2.19. The first-order valence-corrected chi connectivity index (χ1v) is 6.65. The van der Waals surface area contributed by atoms with Crippen LogP contribution >= 0.6 is 15.9 Å². The fourth-order valence-corrected chi connectivity index (χ4v) is 3.30. The molecule has 90 valence electrons. The first-order valence-electron chi connectivity index (χ1n) is 5.85. The maximum Gasteiger partial charge on any atom is 0.270 e. The van der Waals surface area contributed by atoms with E-state index in [1.54, 1.807) is 18.2 Å². The van der Waals surface area contributed by atoms with Gasteiger partial charge in [0.15, 0.2) is 0 Å². The Balaban J connectivity index is 1.76. The lowest BCUT2D eigenvalue weighted by Gasteiger charge is -2.16. The lowest BCUT2D eigenvalue weighted by molar-refractivity contribution is -0.384. The summed E-state index contributed by atoms with van der Waals surface area (Å²) in [6.07, 6.45) is 3.90. The summed E-state index contributed by atoms with van der Waals surface area (Å²) in [5.74, 6) is 1.77. The maximum atomic E-state index is 10.6. The molecule has 17 heavy (non-hydrogen) atoms. The number of anilines is 1. The average molecular weight is 297 g/mol. The molecule has 1 aromatic rings. The zero-order valence-corrected chi connectivity index (χ0v) is 10.8. The number of nitro benzene ring substituents is 1. The van der Waals surface area contributed by atoms with Crippen molar-refractivity contribution in [3.05, 3.63) is 32.8 Å². The van der Waals surface area contributed by atoms with Crippen LogP contribution in [0.15, 0.2) is 22.7 Å². The van der Waals surface area contributed by atoms with Crippen molar-refractivity contribution >= 4 is 27.3 Å². The molecule has 0 saturated heterocycles. The average Bonchev–Trinajstić information content (AvgIpc) is 2.97. The summed E-state index contributed by atoms with van der Waals surface area (Å²) < 4.78 is 0.774. The van der Waals surface area contributed by atoms with Crippen LogP contribution in [-0.2, 0) is 0 Å². The molecule has 0 spiro atoms. The third kappa shape index (κ3) is 2.04. The summed E-state index contributed by atoms with van der Waals surface area (Å²) in [6, 6.07) is 5.45. The fraction of sp³-hybridized carbons (Fsp3) is 0.500. The molecular formula is C12H13BrN2O2. The number of hydrogen-bond acceptors (Lipinski definition) is 3. The molecule has 0 aliphatic heterocycles. The minimum absolute atomic E-state index is 0.123. The lowest BCUT2D eigenvalue weighted by atomic mass is 10.1. The van der Waals surface area contributed by atoms with Crippen LogP contribution in [0.5, 0.6) is 0 Å². The van der Waals surface area contributed by atoms with Crippen molar-refractivity contribution in [1.29, 1.82) is 0 Å². The summed E-state index contributed by atoms with van der Waals surface area (Å²) in [5.41, 5.74) is 1.09. The molecular weight excluding hydrogens is 284 g/mol. The predicted octanol–water partition coefficient (Wildman–Crippen LogP) is 3.57. The molecule has 3 atom stereocenters. The molecule has 3 rings (SSSR count). The summed E-state index contributed by atoms with van der Waals surface area (Å²) in [4.78, 5) is 10.3. The van der Waals surface area contributed by atoms with E-state index in [4.69, 9.17) is 0 Å². The zero-order chi connectivity index (χ0) is 12.0. The topological polar surface area (TPSA) is 55.2 Å². The second kappa shape index (κ2) is 3.98. The Morgan fingerprint density at radius 3 is 2.76 bits per heavy atom. The van der Waals surface area contributed by atoms with Gasteiger partial charge >= 0.3 is 0 Å². The van der Waals surface area contributed by atoms with Gasteiger partial charge in [-0.05, 0) is 53.1 Å². The highest BCUT2D eigenvalue weighted by molar-refractivity contribution is 9.10. The van der Waals surface area contributed by atoms with Crippen molar-refractivity contribution in [1.82, 2.24) is 0 Å². The van der Waals surface area contributed by atoms with Crippen LogP contribution in [0.2, 0.25) is 0 Å². The van der Waals surface area contributed by atoms with E-state index >= 15 is 0 Å². The van der Waals surface area contributed by atoms with Gasteiger partial charge in [0.2, 0.25) is 0 Å². The van der Waals surface area contributed by atoms with Gasteiger partial charge in [-0.15, -0.1) is 0 Å². The van der Waals surface area contributed by atoms with E-state index in [2.05, 4.69) is 21.2 Å². The third-order valence-corrected chi connectivity index (χ3v) is 4.50. The highest BCUT2D eigenvalue weighted by atomic mass is 79.9. The number of nitro groups is 1. The molecule has 1 N–H and O–H groups in total. The summed E-state index contributed by atoms with van der Waals surface area (Å²) in [7, 11) is 0.